The maximum Gasteiger partial charge on any atom is 0.339 e. The number of aliphatic hydroxyl groups excluding tert-OH is 1. The molecule has 144 valence electrons. The number of hydrogen-bond donors (Lipinski definition) is 1. The van der Waals surface area contributed by atoms with E-state index in [1.807, 2.05) is 0 Å². The largest absolute Gasteiger partial charge is 0.465 e. The Hall–Kier alpha value is -1.66. The second kappa shape index (κ2) is 7.92. The molecule has 0 amide bonds. The van der Waals surface area contributed by atoms with E-state index in [1.165, 1.54) is 7.11 Å². The van der Waals surface area contributed by atoms with Crippen molar-refractivity contribution in [1.82, 2.24) is 9.22 Å². The summed E-state index contributed by atoms with van der Waals surface area (Å²) >= 11 is 0. The van der Waals surface area contributed by atoms with Gasteiger partial charge in [0, 0.05) is 18.2 Å². The number of carbonyl (C=O) groups is 1. The van der Waals surface area contributed by atoms with Gasteiger partial charge in [-0.15, -0.1) is 0 Å². The minimum atomic E-state index is -1.94. The van der Waals surface area contributed by atoms with Crippen LogP contribution in [0.4, 0.5) is 0 Å². The highest BCUT2D eigenvalue weighted by Gasteiger charge is 2.46. The summed E-state index contributed by atoms with van der Waals surface area (Å²) in [5.74, 6) is -0.407. The second-order valence-electron chi connectivity index (χ2n) is 7.89. The molecule has 1 N–H and O–H groups in total. The third-order valence-electron chi connectivity index (χ3n) is 5.78. The van der Waals surface area contributed by atoms with Crippen molar-refractivity contribution >= 4 is 25.2 Å². The lowest BCUT2D eigenvalue weighted by molar-refractivity contribution is 0.0599. The van der Waals surface area contributed by atoms with E-state index < -0.39 is 14.2 Å². The molecule has 0 radical (unpaired) electrons. The SMILES string of the molecule is COC(=O)c1cnc2c(ccn2[Si](C(C)C)(C(C)C)C(C)C)c1CCO. The van der Waals surface area contributed by atoms with Crippen molar-refractivity contribution in [1.29, 1.82) is 0 Å². The van der Waals surface area contributed by atoms with Gasteiger partial charge in [-0.2, -0.15) is 0 Å². The summed E-state index contributed by atoms with van der Waals surface area (Å²) in [6.45, 7) is 13.9. The molecule has 0 aliphatic carbocycles. The topological polar surface area (TPSA) is 64.3 Å². The molecule has 0 atom stereocenters. The van der Waals surface area contributed by atoms with Crippen LogP contribution in [0.5, 0.6) is 0 Å². The molecule has 2 heterocycles. The molecule has 0 aliphatic rings. The minimum absolute atomic E-state index is 0.0185. The van der Waals surface area contributed by atoms with Crippen LogP contribution in [0.2, 0.25) is 16.6 Å². The van der Waals surface area contributed by atoms with E-state index in [4.69, 9.17) is 4.74 Å². The van der Waals surface area contributed by atoms with Crippen molar-refractivity contribution < 1.29 is 14.6 Å². The van der Waals surface area contributed by atoms with Crippen LogP contribution in [0.3, 0.4) is 0 Å². The van der Waals surface area contributed by atoms with Gasteiger partial charge in [-0.05, 0) is 40.9 Å². The Balaban J connectivity index is 2.82. The predicted molar refractivity (Wildman–Crippen MR) is 108 cm³/mol. The van der Waals surface area contributed by atoms with E-state index in [0.717, 1.165) is 16.6 Å². The Morgan fingerprint density at radius 3 is 2.23 bits per heavy atom. The van der Waals surface area contributed by atoms with Gasteiger partial charge in [-0.1, -0.05) is 41.5 Å². The van der Waals surface area contributed by atoms with Crippen molar-refractivity contribution in [3.8, 4) is 0 Å². The maximum atomic E-state index is 12.1. The molecule has 2 aromatic rings. The van der Waals surface area contributed by atoms with E-state index in [0.29, 0.717) is 28.6 Å². The molecule has 26 heavy (non-hydrogen) atoms. The first kappa shape index (κ1) is 20.6. The lowest BCUT2D eigenvalue weighted by Gasteiger charge is -2.44. The van der Waals surface area contributed by atoms with Gasteiger partial charge in [-0.25, -0.2) is 9.78 Å². The summed E-state index contributed by atoms with van der Waals surface area (Å²) in [5, 5.41) is 10.5. The first-order valence-corrected chi connectivity index (χ1v) is 11.6. The lowest BCUT2D eigenvalue weighted by Crippen LogP contribution is -2.51. The van der Waals surface area contributed by atoms with Crippen molar-refractivity contribution in [3.05, 3.63) is 29.6 Å². The molecule has 2 rings (SSSR count). The highest BCUT2D eigenvalue weighted by molar-refractivity contribution is 6.82. The van der Waals surface area contributed by atoms with Crippen LogP contribution >= 0.6 is 0 Å². The summed E-state index contributed by atoms with van der Waals surface area (Å²) in [4.78, 5) is 16.8. The molecule has 6 heteroatoms. The molecule has 0 bridgehead atoms. The Labute approximate surface area is 157 Å². The van der Waals surface area contributed by atoms with Gasteiger partial charge in [0.2, 0.25) is 0 Å². The Morgan fingerprint density at radius 2 is 1.77 bits per heavy atom. The molecule has 5 nitrogen and oxygen atoms in total. The Kier molecular flexibility index (Phi) is 6.29. The number of pyridine rings is 1. The fraction of sp³-hybridized carbons (Fsp3) is 0.600. The molecule has 0 fully saturated rings. The zero-order valence-corrected chi connectivity index (χ0v) is 18.0. The van der Waals surface area contributed by atoms with Crippen molar-refractivity contribution in [3.63, 3.8) is 0 Å². The quantitative estimate of drug-likeness (QED) is 0.575. The third-order valence-corrected chi connectivity index (χ3v) is 12.5. The molecule has 0 spiro atoms. The number of methoxy groups -OCH3 is 1. The van der Waals surface area contributed by atoms with E-state index >= 15 is 0 Å². The van der Waals surface area contributed by atoms with Crippen molar-refractivity contribution in [2.75, 3.05) is 13.7 Å². The lowest BCUT2D eigenvalue weighted by atomic mass is 10.0. The molecule has 0 unspecified atom stereocenters. The smallest absolute Gasteiger partial charge is 0.339 e. The Bertz CT molecular complexity index is 759. The van der Waals surface area contributed by atoms with Gasteiger partial charge in [0.05, 0.1) is 12.7 Å². The summed E-state index contributed by atoms with van der Waals surface area (Å²) < 4.78 is 7.32. The number of aromatic nitrogens is 2. The predicted octanol–water partition coefficient (Wildman–Crippen LogP) is 4.38. The van der Waals surface area contributed by atoms with Crippen LogP contribution in [-0.4, -0.2) is 42.2 Å². The minimum Gasteiger partial charge on any atom is -0.465 e. The van der Waals surface area contributed by atoms with Crippen molar-refractivity contribution in [2.45, 2.75) is 64.6 Å². The number of nitrogens with zero attached hydrogens (tertiary/aromatic N) is 2. The first-order valence-electron chi connectivity index (χ1n) is 9.41. The van der Waals surface area contributed by atoms with Gasteiger partial charge >= 0.3 is 5.97 Å². The fourth-order valence-electron chi connectivity index (χ4n) is 4.95. The average molecular weight is 377 g/mol. The normalized spacial score (nSPS) is 12.6. The Morgan fingerprint density at radius 1 is 1.19 bits per heavy atom. The number of ether oxygens (including phenoxy) is 1. The molecule has 0 saturated carbocycles. The number of aliphatic hydroxyl groups is 1. The van der Waals surface area contributed by atoms with Crippen LogP contribution in [0.15, 0.2) is 18.5 Å². The van der Waals surface area contributed by atoms with Gasteiger partial charge in [0.25, 0.3) is 0 Å². The van der Waals surface area contributed by atoms with Crippen LogP contribution < -0.4 is 0 Å². The van der Waals surface area contributed by atoms with E-state index in [2.05, 4.69) is 63.0 Å². The monoisotopic (exact) mass is 376 g/mol. The van der Waals surface area contributed by atoms with Crippen LogP contribution in [0, 0.1) is 0 Å². The fourth-order valence-corrected chi connectivity index (χ4v) is 11.5. The van der Waals surface area contributed by atoms with Gasteiger partial charge < -0.3 is 14.1 Å². The molecule has 2 aromatic heterocycles. The third kappa shape index (κ3) is 3.09. The summed E-state index contributed by atoms with van der Waals surface area (Å²) in [7, 11) is -0.569. The highest BCUT2D eigenvalue weighted by atomic mass is 28.3. The molecular formula is C20H32N2O3Si. The number of esters is 1. The average Bonchev–Trinajstić information content (AvgIpc) is 2.99. The number of carbonyl (C=O) groups excluding carboxylic acids is 1. The van der Waals surface area contributed by atoms with E-state index in [1.54, 1.807) is 6.20 Å². The molecule has 0 saturated heterocycles. The van der Waals surface area contributed by atoms with E-state index in [-0.39, 0.29) is 6.61 Å². The standard InChI is InChI=1S/C20H32N2O3Si/c1-13(2)26(14(3)4,15(5)6)22-10-8-17-16(9-11-23)18(20(24)25-7)12-21-19(17)22/h8,10,12-15,23H,9,11H2,1-7H3. The number of hydrogen-bond acceptors (Lipinski definition) is 4. The zero-order chi connectivity index (χ0) is 19.6. The molecule has 0 aromatic carbocycles. The van der Waals surface area contributed by atoms with Gasteiger partial charge in [0.1, 0.15) is 5.65 Å². The van der Waals surface area contributed by atoms with Crippen LogP contribution in [-0.2, 0) is 11.2 Å². The molecular weight excluding hydrogens is 344 g/mol. The van der Waals surface area contributed by atoms with Crippen molar-refractivity contribution in [2.24, 2.45) is 0 Å². The van der Waals surface area contributed by atoms with Crippen LogP contribution in [0.25, 0.3) is 11.0 Å². The zero-order valence-electron chi connectivity index (χ0n) is 17.0. The number of fused-ring (bicyclic) bond motifs is 1. The summed E-state index contributed by atoms with van der Waals surface area (Å²) in [6, 6.07) is 2.05. The number of rotatable bonds is 7. The second-order valence-corrected chi connectivity index (χ2v) is 13.6. The summed E-state index contributed by atoms with van der Waals surface area (Å²) in [5.41, 5.74) is 3.81. The summed E-state index contributed by atoms with van der Waals surface area (Å²) in [6.07, 6.45) is 4.16. The van der Waals surface area contributed by atoms with Crippen LogP contribution in [0.1, 0.15) is 57.5 Å². The van der Waals surface area contributed by atoms with Gasteiger partial charge in [0.15, 0.2) is 8.24 Å². The maximum absolute atomic E-state index is 12.1. The van der Waals surface area contributed by atoms with Gasteiger partial charge in [-0.3, -0.25) is 0 Å². The molecule has 0 aliphatic heterocycles. The first-order chi connectivity index (χ1) is 12.2. The van der Waals surface area contributed by atoms with E-state index in [9.17, 15) is 9.90 Å². The highest BCUT2D eigenvalue weighted by Crippen LogP contribution is 2.44.